The van der Waals surface area contributed by atoms with Gasteiger partial charge in [-0.25, -0.2) is 9.78 Å². The van der Waals surface area contributed by atoms with Gasteiger partial charge in [-0.2, -0.15) is 4.98 Å². The average Bonchev–Trinajstić information content (AvgIpc) is 2.15. The Morgan fingerprint density at radius 1 is 1.56 bits per heavy atom. The predicted octanol–water partition coefficient (Wildman–Crippen LogP) is 0.763. The quantitative estimate of drug-likeness (QED) is 0.679. The molecule has 1 aliphatic rings. The largest absolute Gasteiger partial charge is 0.477 e. The Bertz CT molecular complexity index is 420. The maximum absolute atomic E-state index is 10.9. The van der Waals surface area contributed by atoms with Gasteiger partial charge in [0.2, 0.25) is 5.28 Å². The van der Waals surface area contributed by atoms with E-state index in [9.17, 15) is 4.79 Å². The number of halogens is 1. The average molecular weight is 244 g/mol. The summed E-state index contributed by atoms with van der Waals surface area (Å²) in [6.07, 6.45) is 2.01. The van der Waals surface area contributed by atoms with E-state index < -0.39 is 5.97 Å². The van der Waals surface area contributed by atoms with Crippen molar-refractivity contribution in [1.82, 2.24) is 9.97 Å². The summed E-state index contributed by atoms with van der Waals surface area (Å²) in [6.45, 7) is 0. The molecule has 0 atom stereocenters. The molecule has 86 valence electrons. The summed E-state index contributed by atoms with van der Waals surface area (Å²) in [7, 11) is 0. The molecule has 6 nitrogen and oxygen atoms in total. The van der Waals surface area contributed by atoms with Gasteiger partial charge in [0.1, 0.15) is 11.4 Å². The molecular weight excluding hydrogens is 234 g/mol. The smallest absolute Gasteiger partial charge is 0.341 e. The number of nitrogens with zero attached hydrogens (tertiary/aromatic N) is 2. The highest BCUT2D eigenvalue weighted by Gasteiger charge is 2.28. The molecule has 0 unspecified atom stereocenters. The van der Waals surface area contributed by atoms with E-state index in [2.05, 4.69) is 15.3 Å². The fourth-order valence-electron chi connectivity index (χ4n) is 1.53. The first-order chi connectivity index (χ1) is 7.56. The number of nitrogens with one attached hydrogen (secondary N) is 1. The number of aliphatic hydroxyl groups excluding tert-OH is 1. The molecule has 1 aromatic rings. The van der Waals surface area contributed by atoms with Crippen LogP contribution in [-0.4, -0.2) is 38.3 Å². The lowest BCUT2D eigenvalue weighted by atomic mass is 9.89. The monoisotopic (exact) mass is 243 g/mol. The maximum Gasteiger partial charge on any atom is 0.341 e. The van der Waals surface area contributed by atoms with Gasteiger partial charge in [-0.15, -0.1) is 0 Å². The van der Waals surface area contributed by atoms with Gasteiger partial charge in [-0.3, -0.25) is 0 Å². The van der Waals surface area contributed by atoms with Gasteiger partial charge in [0.25, 0.3) is 0 Å². The number of anilines is 1. The van der Waals surface area contributed by atoms with Crippen molar-refractivity contribution < 1.29 is 15.0 Å². The van der Waals surface area contributed by atoms with Gasteiger partial charge < -0.3 is 15.5 Å². The number of aromatic carboxylic acids is 1. The molecule has 0 aliphatic heterocycles. The van der Waals surface area contributed by atoms with Crippen molar-refractivity contribution in [2.45, 2.75) is 25.0 Å². The lowest BCUT2D eigenvalue weighted by Crippen LogP contribution is -2.39. The number of hydrogen-bond donors (Lipinski definition) is 3. The second-order valence-electron chi connectivity index (χ2n) is 3.67. The van der Waals surface area contributed by atoms with Crippen molar-refractivity contribution in [2.75, 3.05) is 5.32 Å². The summed E-state index contributed by atoms with van der Waals surface area (Å²) in [6, 6.07) is 0.0408. The molecule has 3 N–H and O–H groups in total. The summed E-state index contributed by atoms with van der Waals surface area (Å²) < 4.78 is 0. The van der Waals surface area contributed by atoms with Crippen LogP contribution in [0.2, 0.25) is 5.28 Å². The number of aromatic nitrogens is 2. The van der Waals surface area contributed by atoms with Gasteiger partial charge >= 0.3 is 5.97 Å². The Balaban J connectivity index is 2.17. The van der Waals surface area contributed by atoms with Gasteiger partial charge in [0.05, 0.1) is 6.10 Å². The minimum absolute atomic E-state index is 0.00706. The van der Waals surface area contributed by atoms with E-state index in [4.69, 9.17) is 21.8 Å². The maximum atomic E-state index is 10.9. The van der Waals surface area contributed by atoms with Crippen molar-refractivity contribution in [3.63, 3.8) is 0 Å². The second-order valence-corrected chi connectivity index (χ2v) is 4.01. The van der Waals surface area contributed by atoms with E-state index in [1.54, 1.807) is 0 Å². The fraction of sp³-hybridized carbons (Fsp3) is 0.444. The van der Waals surface area contributed by atoms with Gasteiger partial charge in [0, 0.05) is 12.2 Å². The first kappa shape index (κ1) is 11.1. The lowest BCUT2D eigenvalue weighted by molar-refractivity contribution is 0.0696. The van der Waals surface area contributed by atoms with Crippen LogP contribution in [0.5, 0.6) is 0 Å². The molecular formula is C9H10ClN3O3. The van der Waals surface area contributed by atoms with Crippen LogP contribution in [0.15, 0.2) is 6.20 Å². The van der Waals surface area contributed by atoms with Crippen LogP contribution in [0, 0.1) is 0 Å². The molecule has 1 saturated carbocycles. The minimum Gasteiger partial charge on any atom is -0.477 e. The van der Waals surface area contributed by atoms with Crippen LogP contribution in [0.25, 0.3) is 0 Å². The first-order valence-electron chi connectivity index (χ1n) is 4.76. The molecule has 1 aromatic heterocycles. The highest BCUT2D eigenvalue weighted by Crippen LogP contribution is 2.25. The van der Waals surface area contributed by atoms with Crippen LogP contribution in [0.3, 0.4) is 0 Å². The SMILES string of the molecule is O=C(O)c1cnc(Cl)nc1NC1CC(O)C1. The van der Waals surface area contributed by atoms with E-state index in [1.165, 1.54) is 0 Å². The molecule has 0 saturated heterocycles. The number of rotatable bonds is 3. The third kappa shape index (κ3) is 2.23. The summed E-state index contributed by atoms with van der Waals surface area (Å²) in [4.78, 5) is 18.3. The predicted molar refractivity (Wildman–Crippen MR) is 56.7 cm³/mol. The molecule has 0 spiro atoms. The molecule has 0 radical (unpaired) electrons. The van der Waals surface area contributed by atoms with E-state index in [-0.39, 0.29) is 28.8 Å². The molecule has 1 aliphatic carbocycles. The van der Waals surface area contributed by atoms with Crippen molar-refractivity contribution >= 4 is 23.4 Å². The minimum atomic E-state index is -1.11. The zero-order chi connectivity index (χ0) is 11.7. The zero-order valence-electron chi connectivity index (χ0n) is 8.22. The molecule has 16 heavy (non-hydrogen) atoms. The molecule has 0 bridgehead atoms. The Kier molecular flexibility index (Phi) is 2.93. The van der Waals surface area contributed by atoms with Gasteiger partial charge in [-0.1, -0.05) is 0 Å². The number of carboxylic acid groups (broad SMARTS) is 1. The number of carboxylic acids is 1. The van der Waals surface area contributed by atoms with E-state index >= 15 is 0 Å². The Labute approximate surface area is 96.3 Å². The lowest BCUT2D eigenvalue weighted by Gasteiger charge is -2.32. The van der Waals surface area contributed by atoms with Crippen molar-refractivity contribution in [3.8, 4) is 0 Å². The molecule has 0 amide bonds. The van der Waals surface area contributed by atoms with Crippen molar-refractivity contribution in [3.05, 3.63) is 17.0 Å². The van der Waals surface area contributed by atoms with Crippen molar-refractivity contribution in [1.29, 1.82) is 0 Å². The number of carbonyl (C=O) groups is 1. The number of aliphatic hydroxyl groups is 1. The second kappa shape index (κ2) is 4.23. The fourth-order valence-corrected chi connectivity index (χ4v) is 1.66. The highest BCUT2D eigenvalue weighted by atomic mass is 35.5. The Morgan fingerprint density at radius 2 is 2.25 bits per heavy atom. The number of hydrogen-bond acceptors (Lipinski definition) is 5. The molecule has 7 heteroatoms. The highest BCUT2D eigenvalue weighted by molar-refractivity contribution is 6.28. The standard InChI is InChI=1S/C9H10ClN3O3/c10-9-11-3-6(8(15)16)7(13-9)12-4-1-5(14)2-4/h3-5,14H,1-2H2,(H,15,16)(H,11,12,13). The van der Waals surface area contributed by atoms with Crippen LogP contribution in [0.1, 0.15) is 23.2 Å². The normalized spacial score (nSPS) is 23.6. The molecule has 2 rings (SSSR count). The Hall–Kier alpha value is -1.40. The molecule has 0 aromatic carbocycles. The third-order valence-electron chi connectivity index (χ3n) is 2.44. The van der Waals surface area contributed by atoms with Crippen LogP contribution < -0.4 is 5.32 Å². The molecule has 1 heterocycles. The summed E-state index contributed by atoms with van der Waals surface area (Å²) in [5.41, 5.74) is -0.0224. The summed E-state index contributed by atoms with van der Waals surface area (Å²) in [5.74, 6) is -0.913. The van der Waals surface area contributed by atoms with Crippen molar-refractivity contribution in [2.24, 2.45) is 0 Å². The van der Waals surface area contributed by atoms with E-state index in [0.717, 1.165) is 6.20 Å². The zero-order valence-corrected chi connectivity index (χ0v) is 8.98. The third-order valence-corrected chi connectivity index (χ3v) is 2.63. The summed E-state index contributed by atoms with van der Waals surface area (Å²) in [5, 5.41) is 20.9. The van der Waals surface area contributed by atoms with Crippen LogP contribution >= 0.6 is 11.6 Å². The topological polar surface area (TPSA) is 95.3 Å². The first-order valence-corrected chi connectivity index (χ1v) is 5.14. The Morgan fingerprint density at radius 3 is 2.81 bits per heavy atom. The van der Waals surface area contributed by atoms with Gasteiger partial charge in [-0.05, 0) is 24.4 Å². The van der Waals surface area contributed by atoms with Crippen LogP contribution in [-0.2, 0) is 0 Å². The van der Waals surface area contributed by atoms with E-state index in [0.29, 0.717) is 12.8 Å². The summed E-state index contributed by atoms with van der Waals surface area (Å²) >= 11 is 5.59. The van der Waals surface area contributed by atoms with E-state index in [1.807, 2.05) is 0 Å². The van der Waals surface area contributed by atoms with Gasteiger partial charge in [0.15, 0.2) is 0 Å². The molecule has 1 fully saturated rings. The van der Waals surface area contributed by atoms with Crippen LogP contribution in [0.4, 0.5) is 5.82 Å².